The second-order valence-electron chi connectivity index (χ2n) is 4.64. The number of pyridine rings is 1. The Bertz CT molecular complexity index is 381. The average Bonchev–Trinajstić information content (AvgIpc) is 2.77. The third kappa shape index (κ3) is 2.88. The number of nitrogen functional groups attached to an aromatic ring is 1. The van der Waals surface area contributed by atoms with Gasteiger partial charge in [-0.2, -0.15) is 0 Å². The highest BCUT2D eigenvalue weighted by Crippen LogP contribution is 2.24. The first-order chi connectivity index (χ1) is 8.20. The summed E-state index contributed by atoms with van der Waals surface area (Å²) >= 11 is 0. The number of anilines is 2. The van der Waals surface area contributed by atoms with Gasteiger partial charge in [0.25, 0.3) is 0 Å². The van der Waals surface area contributed by atoms with E-state index in [9.17, 15) is 0 Å². The van der Waals surface area contributed by atoms with Crippen LogP contribution in [-0.2, 0) is 4.74 Å². The number of aryl methyl sites for hydroxylation is 1. The molecule has 94 valence electrons. The Morgan fingerprint density at radius 2 is 2.35 bits per heavy atom. The van der Waals surface area contributed by atoms with Crippen LogP contribution in [0.2, 0.25) is 0 Å². The van der Waals surface area contributed by atoms with Crippen molar-refractivity contribution in [3.63, 3.8) is 0 Å². The number of aromatic nitrogens is 1. The molecule has 1 aliphatic rings. The lowest BCUT2D eigenvalue weighted by Gasteiger charge is -2.18. The predicted molar refractivity (Wildman–Crippen MR) is 70.0 cm³/mol. The molecule has 2 rings (SSSR count). The molecule has 1 fully saturated rings. The van der Waals surface area contributed by atoms with Gasteiger partial charge in [0, 0.05) is 24.8 Å². The van der Waals surface area contributed by atoms with Crippen LogP contribution >= 0.6 is 0 Å². The minimum Gasteiger partial charge on any atom is -0.396 e. The smallest absolute Gasteiger partial charge is 0.149 e. The van der Waals surface area contributed by atoms with E-state index in [0.717, 1.165) is 37.5 Å². The lowest BCUT2D eigenvalue weighted by atomic mass is 10.00. The molecule has 0 spiro atoms. The molecule has 0 amide bonds. The van der Waals surface area contributed by atoms with Crippen LogP contribution in [0.15, 0.2) is 12.1 Å². The highest BCUT2D eigenvalue weighted by atomic mass is 16.5. The van der Waals surface area contributed by atoms with Gasteiger partial charge in [-0.15, -0.1) is 0 Å². The van der Waals surface area contributed by atoms with E-state index >= 15 is 0 Å². The van der Waals surface area contributed by atoms with Crippen molar-refractivity contribution in [1.82, 2.24) is 4.98 Å². The SMILES string of the molecule is CCC1OCCC1CNc1nc(C)ccc1N. The Morgan fingerprint density at radius 1 is 1.53 bits per heavy atom. The van der Waals surface area contributed by atoms with Crippen molar-refractivity contribution in [2.45, 2.75) is 32.8 Å². The standard InChI is InChI=1S/C13H21N3O/c1-3-12-10(6-7-17-12)8-15-13-11(14)5-4-9(2)16-13/h4-5,10,12H,3,6-8,14H2,1-2H3,(H,15,16). The maximum absolute atomic E-state index is 5.89. The Balaban J connectivity index is 1.95. The molecule has 3 N–H and O–H groups in total. The average molecular weight is 235 g/mol. The molecule has 1 saturated heterocycles. The molecule has 0 radical (unpaired) electrons. The molecule has 2 atom stereocenters. The minimum absolute atomic E-state index is 0.383. The van der Waals surface area contributed by atoms with Crippen LogP contribution in [0, 0.1) is 12.8 Å². The van der Waals surface area contributed by atoms with E-state index in [1.165, 1.54) is 0 Å². The van der Waals surface area contributed by atoms with E-state index in [4.69, 9.17) is 10.5 Å². The summed E-state index contributed by atoms with van der Waals surface area (Å²) < 4.78 is 5.67. The number of nitrogens with two attached hydrogens (primary N) is 1. The van der Waals surface area contributed by atoms with E-state index in [1.54, 1.807) is 0 Å². The second kappa shape index (κ2) is 5.36. The normalized spacial score (nSPS) is 23.9. The van der Waals surface area contributed by atoms with Gasteiger partial charge >= 0.3 is 0 Å². The molecular weight excluding hydrogens is 214 g/mol. The van der Waals surface area contributed by atoms with Gasteiger partial charge in [-0.25, -0.2) is 4.98 Å². The molecule has 1 aromatic rings. The van der Waals surface area contributed by atoms with Crippen LogP contribution in [0.5, 0.6) is 0 Å². The van der Waals surface area contributed by atoms with Crippen LogP contribution < -0.4 is 11.1 Å². The predicted octanol–water partition coefficient (Wildman–Crippen LogP) is 2.20. The van der Waals surface area contributed by atoms with Gasteiger partial charge < -0.3 is 15.8 Å². The summed E-state index contributed by atoms with van der Waals surface area (Å²) in [6.45, 7) is 5.90. The van der Waals surface area contributed by atoms with E-state index in [-0.39, 0.29) is 0 Å². The van der Waals surface area contributed by atoms with Crippen molar-refractivity contribution < 1.29 is 4.74 Å². The molecule has 17 heavy (non-hydrogen) atoms. The summed E-state index contributed by atoms with van der Waals surface area (Å²) in [6.07, 6.45) is 2.58. The summed E-state index contributed by atoms with van der Waals surface area (Å²) in [6, 6.07) is 3.82. The van der Waals surface area contributed by atoms with Crippen LogP contribution in [0.4, 0.5) is 11.5 Å². The molecule has 4 heteroatoms. The third-order valence-electron chi connectivity index (χ3n) is 3.35. The zero-order valence-corrected chi connectivity index (χ0v) is 10.6. The summed E-state index contributed by atoms with van der Waals surface area (Å²) in [5.41, 5.74) is 7.58. The molecule has 2 heterocycles. The number of ether oxygens (including phenoxy) is 1. The number of hydrogen-bond donors (Lipinski definition) is 2. The molecule has 0 aromatic carbocycles. The topological polar surface area (TPSA) is 60.2 Å². The molecule has 1 aliphatic heterocycles. The fourth-order valence-electron chi connectivity index (χ4n) is 2.31. The lowest BCUT2D eigenvalue weighted by molar-refractivity contribution is 0.0900. The van der Waals surface area contributed by atoms with Crippen molar-refractivity contribution in [1.29, 1.82) is 0 Å². The second-order valence-corrected chi connectivity index (χ2v) is 4.64. The Morgan fingerprint density at radius 3 is 3.12 bits per heavy atom. The number of nitrogens with zero attached hydrogens (tertiary/aromatic N) is 1. The summed E-state index contributed by atoms with van der Waals surface area (Å²) in [7, 11) is 0. The largest absolute Gasteiger partial charge is 0.396 e. The van der Waals surface area contributed by atoms with Crippen LogP contribution in [0.25, 0.3) is 0 Å². The van der Waals surface area contributed by atoms with Gasteiger partial charge in [-0.3, -0.25) is 0 Å². The molecular formula is C13H21N3O. The summed E-state index contributed by atoms with van der Waals surface area (Å²) in [4.78, 5) is 4.41. The van der Waals surface area contributed by atoms with Crippen LogP contribution in [0.1, 0.15) is 25.5 Å². The monoisotopic (exact) mass is 235 g/mol. The van der Waals surface area contributed by atoms with Crippen LogP contribution in [0.3, 0.4) is 0 Å². The number of hydrogen-bond acceptors (Lipinski definition) is 4. The zero-order chi connectivity index (χ0) is 12.3. The van der Waals surface area contributed by atoms with E-state index in [1.807, 2.05) is 19.1 Å². The molecule has 0 aliphatic carbocycles. The molecule has 1 aromatic heterocycles. The fraction of sp³-hybridized carbons (Fsp3) is 0.615. The fourth-order valence-corrected chi connectivity index (χ4v) is 2.31. The molecule has 2 unspecified atom stereocenters. The van der Waals surface area contributed by atoms with Crippen molar-refractivity contribution >= 4 is 11.5 Å². The maximum Gasteiger partial charge on any atom is 0.149 e. The highest BCUT2D eigenvalue weighted by Gasteiger charge is 2.26. The first-order valence-corrected chi connectivity index (χ1v) is 6.29. The molecule has 4 nitrogen and oxygen atoms in total. The first-order valence-electron chi connectivity index (χ1n) is 6.29. The van der Waals surface area contributed by atoms with Gasteiger partial charge in [0.2, 0.25) is 0 Å². The van der Waals surface area contributed by atoms with E-state index < -0.39 is 0 Å². The third-order valence-corrected chi connectivity index (χ3v) is 3.35. The van der Waals surface area contributed by atoms with Crippen molar-refractivity contribution in [2.24, 2.45) is 5.92 Å². The molecule has 0 saturated carbocycles. The van der Waals surface area contributed by atoms with Gasteiger partial charge in [-0.1, -0.05) is 6.92 Å². The highest BCUT2D eigenvalue weighted by molar-refractivity contribution is 5.61. The van der Waals surface area contributed by atoms with Crippen molar-refractivity contribution in [2.75, 3.05) is 24.2 Å². The van der Waals surface area contributed by atoms with Gasteiger partial charge in [0.05, 0.1) is 11.8 Å². The quantitative estimate of drug-likeness (QED) is 0.840. The summed E-state index contributed by atoms with van der Waals surface area (Å²) in [5, 5.41) is 3.34. The number of rotatable bonds is 4. The van der Waals surface area contributed by atoms with E-state index in [2.05, 4.69) is 17.2 Å². The number of nitrogens with one attached hydrogen (secondary N) is 1. The summed E-state index contributed by atoms with van der Waals surface area (Å²) in [5.74, 6) is 1.37. The zero-order valence-electron chi connectivity index (χ0n) is 10.6. The van der Waals surface area contributed by atoms with Crippen LogP contribution in [-0.4, -0.2) is 24.2 Å². The first kappa shape index (κ1) is 12.2. The van der Waals surface area contributed by atoms with Crippen molar-refractivity contribution in [3.05, 3.63) is 17.8 Å². The van der Waals surface area contributed by atoms with Crippen molar-refractivity contribution in [3.8, 4) is 0 Å². The lowest BCUT2D eigenvalue weighted by Crippen LogP contribution is -2.23. The Labute approximate surface area is 103 Å². The van der Waals surface area contributed by atoms with Gasteiger partial charge in [-0.05, 0) is 31.9 Å². The van der Waals surface area contributed by atoms with Gasteiger partial charge in [0.15, 0.2) is 0 Å². The Kier molecular flexibility index (Phi) is 3.84. The maximum atomic E-state index is 5.89. The Hall–Kier alpha value is -1.29. The van der Waals surface area contributed by atoms with E-state index in [0.29, 0.717) is 17.7 Å². The minimum atomic E-state index is 0.383. The van der Waals surface area contributed by atoms with Gasteiger partial charge in [0.1, 0.15) is 5.82 Å². The molecule has 0 bridgehead atoms.